The van der Waals surface area contributed by atoms with E-state index in [1.54, 1.807) is 29.9 Å². The summed E-state index contributed by atoms with van der Waals surface area (Å²) in [5.74, 6) is 0.537. The first kappa shape index (κ1) is 21.7. The van der Waals surface area contributed by atoms with Gasteiger partial charge in [-0.1, -0.05) is 25.2 Å². The SMILES string of the molecule is C/C=C/C(=C\C(C)=C\c1cc2cnc(NC(=O)C3CC3)cc2n(C)c1=O)C(O)CC. The number of anilines is 1. The molecule has 3 rings (SSSR count). The zero-order chi connectivity index (χ0) is 21.8. The van der Waals surface area contributed by atoms with Crippen LogP contribution in [0, 0.1) is 5.92 Å². The molecule has 6 heteroatoms. The van der Waals surface area contributed by atoms with Crippen LogP contribution in [0.4, 0.5) is 5.82 Å². The fourth-order valence-electron chi connectivity index (χ4n) is 3.37. The van der Waals surface area contributed by atoms with Crippen molar-refractivity contribution < 1.29 is 9.90 Å². The lowest BCUT2D eigenvalue weighted by molar-refractivity contribution is -0.117. The van der Waals surface area contributed by atoms with Crippen molar-refractivity contribution in [2.75, 3.05) is 5.32 Å². The molecular weight excluding hydrogens is 378 g/mol. The Balaban J connectivity index is 1.96. The lowest BCUT2D eigenvalue weighted by Gasteiger charge is -2.11. The highest BCUT2D eigenvalue weighted by molar-refractivity contribution is 5.95. The van der Waals surface area contributed by atoms with E-state index in [1.807, 2.05) is 45.1 Å². The Bertz CT molecular complexity index is 1100. The number of aliphatic hydroxyl groups is 1. The monoisotopic (exact) mass is 407 g/mol. The Morgan fingerprint density at radius 1 is 1.40 bits per heavy atom. The molecule has 158 valence electrons. The van der Waals surface area contributed by atoms with Crippen molar-refractivity contribution in [3.8, 4) is 0 Å². The van der Waals surface area contributed by atoms with E-state index in [1.165, 1.54) is 0 Å². The number of nitrogens with zero attached hydrogens (tertiary/aromatic N) is 2. The normalized spacial score (nSPS) is 16.3. The van der Waals surface area contributed by atoms with Gasteiger partial charge in [-0.3, -0.25) is 9.59 Å². The van der Waals surface area contributed by atoms with Crippen LogP contribution in [-0.2, 0) is 11.8 Å². The maximum Gasteiger partial charge on any atom is 0.258 e. The molecule has 1 saturated carbocycles. The van der Waals surface area contributed by atoms with E-state index in [-0.39, 0.29) is 17.4 Å². The van der Waals surface area contributed by atoms with Gasteiger partial charge >= 0.3 is 0 Å². The molecule has 2 aromatic rings. The first-order valence-electron chi connectivity index (χ1n) is 10.3. The summed E-state index contributed by atoms with van der Waals surface area (Å²) in [5.41, 5.74) is 2.80. The topological polar surface area (TPSA) is 84.2 Å². The minimum Gasteiger partial charge on any atom is -0.388 e. The van der Waals surface area contributed by atoms with Crippen LogP contribution in [0.5, 0.6) is 0 Å². The second kappa shape index (κ2) is 9.22. The summed E-state index contributed by atoms with van der Waals surface area (Å²) in [6, 6.07) is 3.54. The van der Waals surface area contributed by atoms with Crippen LogP contribution in [0.3, 0.4) is 0 Å². The Hall–Kier alpha value is -2.99. The number of carbonyl (C=O) groups is 1. The number of pyridine rings is 2. The minimum atomic E-state index is -0.544. The molecule has 1 atom stereocenters. The summed E-state index contributed by atoms with van der Waals surface area (Å²) in [6.07, 6.45) is 11.1. The van der Waals surface area contributed by atoms with Crippen molar-refractivity contribution in [2.24, 2.45) is 13.0 Å². The maximum atomic E-state index is 12.9. The van der Waals surface area contributed by atoms with E-state index in [4.69, 9.17) is 0 Å². The van der Waals surface area contributed by atoms with Gasteiger partial charge in [0.2, 0.25) is 5.91 Å². The summed E-state index contributed by atoms with van der Waals surface area (Å²) in [4.78, 5) is 29.2. The van der Waals surface area contributed by atoms with Crippen LogP contribution in [0.2, 0.25) is 0 Å². The molecule has 1 amide bonds. The fourth-order valence-corrected chi connectivity index (χ4v) is 3.37. The van der Waals surface area contributed by atoms with Crippen LogP contribution in [0.15, 0.2) is 52.5 Å². The van der Waals surface area contributed by atoms with Gasteiger partial charge < -0.3 is 15.0 Å². The molecule has 1 unspecified atom stereocenters. The molecule has 0 spiro atoms. The van der Waals surface area contributed by atoms with Gasteiger partial charge in [0.15, 0.2) is 0 Å². The van der Waals surface area contributed by atoms with Gasteiger partial charge in [0.05, 0.1) is 11.6 Å². The van der Waals surface area contributed by atoms with Gasteiger partial charge in [-0.05, 0) is 56.4 Å². The van der Waals surface area contributed by atoms with Gasteiger partial charge in [0, 0.05) is 36.2 Å². The largest absolute Gasteiger partial charge is 0.388 e. The zero-order valence-corrected chi connectivity index (χ0v) is 18.0. The third-order valence-electron chi connectivity index (χ3n) is 5.24. The summed E-state index contributed by atoms with van der Waals surface area (Å²) in [5, 5.41) is 13.8. The van der Waals surface area contributed by atoms with Crippen LogP contribution < -0.4 is 10.9 Å². The molecule has 0 radical (unpaired) electrons. The highest BCUT2D eigenvalue weighted by atomic mass is 16.3. The molecular formula is C24H29N3O3. The first-order valence-corrected chi connectivity index (χ1v) is 10.3. The van der Waals surface area contributed by atoms with Crippen molar-refractivity contribution in [1.82, 2.24) is 9.55 Å². The highest BCUT2D eigenvalue weighted by Gasteiger charge is 2.29. The number of aryl methyl sites for hydroxylation is 1. The van der Waals surface area contributed by atoms with Gasteiger partial charge in [0.25, 0.3) is 5.56 Å². The maximum absolute atomic E-state index is 12.9. The molecule has 6 nitrogen and oxygen atoms in total. The van der Waals surface area contributed by atoms with E-state index >= 15 is 0 Å². The Labute approximate surface area is 176 Å². The molecule has 1 aliphatic rings. The van der Waals surface area contributed by atoms with Crippen LogP contribution in [-0.4, -0.2) is 26.7 Å². The van der Waals surface area contributed by atoms with Crippen LogP contribution in [0.1, 0.15) is 45.6 Å². The van der Waals surface area contributed by atoms with E-state index < -0.39 is 6.10 Å². The highest BCUT2D eigenvalue weighted by Crippen LogP contribution is 2.30. The molecule has 0 aliphatic heterocycles. The molecule has 1 aliphatic carbocycles. The Morgan fingerprint density at radius 2 is 2.13 bits per heavy atom. The number of hydrogen-bond donors (Lipinski definition) is 2. The summed E-state index contributed by atoms with van der Waals surface area (Å²) in [7, 11) is 1.71. The van der Waals surface area contributed by atoms with E-state index in [9.17, 15) is 14.7 Å². The van der Waals surface area contributed by atoms with Crippen LogP contribution >= 0.6 is 0 Å². The first-order chi connectivity index (χ1) is 14.3. The van der Waals surface area contributed by atoms with Gasteiger partial charge in [-0.25, -0.2) is 4.98 Å². The number of aromatic nitrogens is 2. The third-order valence-corrected chi connectivity index (χ3v) is 5.24. The molecule has 2 N–H and O–H groups in total. The Morgan fingerprint density at radius 3 is 2.77 bits per heavy atom. The molecule has 2 heterocycles. The Kier molecular flexibility index (Phi) is 6.67. The third kappa shape index (κ3) is 4.94. The molecule has 0 bridgehead atoms. The van der Waals surface area contributed by atoms with Crippen LogP contribution in [0.25, 0.3) is 17.0 Å². The molecule has 30 heavy (non-hydrogen) atoms. The minimum absolute atomic E-state index is 0.0139. The summed E-state index contributed by atoms with van der Waals surface area (Å²) >= 11 is 0. The second-order valence-electron chi connectivity index (χ2n) is 7.81. The summed E-state index contributed by atoms with van der Waals surface area (Å²) < 4.78 is 1.57. The fraction of sp³-hybridized carbons (Fsp3) is 0.375. The molecule has 0 saturated heterocycles. The number of fused-ring (bicyclic) bond motifs is 1. The summed E-state index contributed by atoms with van der Waals surface area (Å²) in [6.45, 7) is 5.74. The number of aliphatic hydroxyl groups excluding tert-OH is 1. The number of rotatable bonds is 7. The molecule has 0 aromatic carbocycles. The van der Waals surface area contributed by atoms with Crippen molar-refractivity contribution in [3.05, 3.63) is 63.6 Å². The van der Waals surface area contributed by atoms with E-state index in [2.05, 4.69) is 10.3 Å². The second-order valence-corrected chi connectivity index (χ2v) is 7.81. The molecule has 2 aromatic heterocycles. The van der Waals surface area contributed by atoms with Crippen molar-refractivity contribution in [3.63, 3.8) is 0 Å². The quantitative estimate of drug-likeness (QED) is 0.681. The average molecular weight is 408 g/mol. The smallest absolute Gasteiger partial charge is 0.258 e. The van der Waals surface area contributed by atoms with Gasteiger partial charge in [0.1, 0.15) is 5.82 Å². The van der Waals surface area contributed by atoms with Crippen molar-refractivity contribution in [1.29, 1.82) is 0 Å². The number of allylic oxidation sites excluding steroid dienone is 3. The molecule has 1 fully saturated rings. The standard InChI is InChI=1S/C24H29N3O3/c1-5-7-17(21(28)6-2)10-15(3)11-18-12-19-14-25-22(26-23(29)16-8-9-16)13-20(19)27(4)24(18)30/h5,7,10-14,16,21,28H,6,8-9H2,1-4H3,(H,25,26,29)/b7-5+,15-11+,17-10+. The number of amides is 1. The average Bonchev–Trinajstić information content (AvgIpc) is 3.57. The van der Waals surface area contributed by atoms with Gasteiger partial charge in [-0.15, -0.1) is 0 Å². The van der Waals surface area contributed by atoms with Gasteiger partial charge in [-0.2, -0.15) is 0 Å². The predicted molar refractivity (Wildman–Crippen MR) is 121 cm³/mol. The lowest BCUT2D eigenvalue weighted by atomic mass is 10.0. The number of nitrogens with one attached hydrogen (secondary N) is 1. The van der Waals surface area contributed by atoms with E-state index in [0.29, 0.717) is 23.3 Å². The lowest BCUT2D eigenvalue weighted by Crippen LogP contribution is -2.20. The predicted octanol–water partition coefficient (Wildman–Crippen LogP) is 3.96. The number of carbonyl (C=O) groups excluding carboxylic acids is 1. The number of hydrogen-bond acceptors (Lipinski definition) is 4. The zero-order valence-electron chi connectivity index (χ0n) is 18.0. The van der Waals surface area contributed by atoms with E-state index in [0.717, 1.165) is 29.4 Å². The van der Waals surface area contributed by atoms with Crippen molar-refractivity contribution >= 4 is 28.7 Å². The van der Waals surface area contributed by atoms with Crippen molar-refractivity contribution in [2.45, 2.75) is 46.1 Å².